The number of aromatic nitrogens is 1. The Bertz CT molecular complexity index is 1300. The zero-order valence-corrected chi connectivity index (χ0v) is 24.4. The summed E-state index contributed by atoms with van der Waals surface area (Å²) in [6, 6.07) is 15.7. The lowest BCUT2D eigenvalue weighted by Gasteiger charge is -2.40. The minimum Gasteiger partial charge on any atom is -0.441 e. The maximum atomic E-state index is 12.9. The summed E-state index contributed by atoms with van der Waals surface area (Å²) in [6.45, 7) is 6.99. The fraction of sp³-hybridized carbons (Fsp3) is 0.452. The van der Waals surface area contributed by atoms with Crippen LogP contribution >= 0.6 is 11.6 Å². The third-order valence-electron chi connectivity index (χ3n) is 7.83. The third-order valence-corrected chi connectivity index (χ3v) is 8.05. The number of rotatable bonds is 10. The molecule has 0 amide bonds. The summed E-state index contributed by atoms with van der Waals surface area (Å²) in [5, 5.41) is 15.0. The Balaban J connectivity index is 1.54. The van der Waals surface area contributed by atoms with Gasteiger partial charge >= 0.3 is 0 Å². The molecule has 3 aromatic rings. The lowest BCUT2D eigenvalue weighted by atomic mass is 9.88. The van der Waals surface area contributed by atoms with E-state index in [0.29, 0.717) is 45.6 Å². The van der Waals surface area contributed by atoms with Crippen molar-refractivity contribution in [2.45, 2.75) is 71.3 Å². The predicted molar refractivity (Wildman–Crippen MR) is 159 cm³/mol. The molecule has 0 spiro atoms. The summed E-state index contributed by atoms with van der Waals surface area (Å²) < 4.78 is 6.00. The Morgan fingerprint density at radius 1 is 1.08 bits per heavy atom. The van der Waals surface area contributed by atoms with Crippen molar-refractivity contribution in [3.63, 3.8) is 0 Å². The van der Waals surface area contributed by atoms with Crippen LogP contribution in [0.1, 0.15) is 61.2 Å². The number of para-hydroxylation sites is 1. The minimum absolute atomic E-state index is 0.117. The first-order chi connectivity index (χ1) is 18.7. The maximum Gasteiger partial charge on any atom is 0.206 e. The summed E-state index contributed by atoms with van der Waals surface area (Å²) in [6.07, 6.45) is 3.57. The van der Waals surface area contributed by atoms with Gasteiger partial charge in [0.05, 0.1) is 5.56 Å². The quantitative estimate of drug-likeness (QED) is 0.271. The number of aromatic amines is 1. The van der Waals surface area contributed by atoms with Gasteiger partial charge in [-0.1, -0.05) is 29.8 Å². The van der Waals surface area contributed by atoms with Crippen molar-refractivity contribution >= 4 is 17.3 Å². The maximum absolute atomic E-state index is 12.9. The van der Waals surface area contributed by atoms with Crippen molar-refractivity contribution in [3.8, 4) is 11.6 Å². The first-order valence-electron chi connectivity index (χ1n) is 13.8. The van der Waals surface area contributed by atoms with Crippen LogP contribution in [0.4, 0.5) is 5.69 Å². The van der Waals surface area contributed by atoms with Crippen LogP contribution in [-0.4, -0.2) is 47.7 Å². The van der Waals surface area contributed by atoms with Gasteiger partial charge in [-0.25, -0.2) is 0 Å². The molecule has 1 fully saturated rings. The molecule has 1 heterocycles. The van der Waals surface area contributed by atoms with Crippen molar-refractivity contribution in [3.05, 3.63) is 86.2 Å². The summed E-state index contributed by atoms with van der Waals surface area (Å²) in [7, 11) is 4.32. The second kappa shape index (κ2) is 13.0. The fourth-order valence-corrected chi connectivity index (χ4v) is 5.86. The fourth-order valence-electron chi connectivity index (χ4n) is 5.63. The van der Waals surface area contributed by atoms with Crippen molar-refractivity contribution < 1.29 is 9.84 Å². The van der Waals surface area contributed by atoms with E-state index >= 15 is 0 Å². The molecule has 2 aromatic carbocycles. The van der Waals surface area contributed by atoms with E-state index < -0.39 is 6.23 Å². The van der Waals surface area contributed by atoms with Crippen LogP contribution in [-0.2, 0) is 6.54 Å². The van der Waals surface area contributed by atoms with E-state index in [1.165, 1.54) is 18.9 Å². The number of aliphatic hydroxyl groups excluding tert-OH is 1. The second-order valence-corrected chi connectivity index (χ2v) is 11.1. The van der Waals surface area contributed by atoms with Crippen LogP contribution in [0.3, 0.4) is 0 Å². The summed E-state index contributed by atoms with van der Waals surface area (Å²) in [4.78, 5) is 20.8. The van der Waals surface area contributed by atoms with E-state index in [-0.39, 0.29) is 12.0 Å². The molecule has 4 rings (SSSR count). The number of H-pyrrole nitrogens is 1. The van der Waals surface area contributed by atoms with E-state index in [2.05, 4.69) is 41.1 Å². The van der Waals surface area contributed by atoms with Gasteiger partial charge in [0, 0.05) is 53.2 Å². The molecule has 0 bridgehead atoms. The molecule has 0 radical (unpaired) electrons. The molecule has 3 N–H and O–H groups in total. The molecule has 1 saturated carbocycles. The summed E-state index contributed by atoms with van der Waals surface area (Å²) >= 11 is 6.60. The Morgan fingerprint density at radius 3 is 2.38 bits per heavy atom. The largest absolute Gasteiger partial charge is 0.441 e. The number of halogens is 1. The van der Waals surface area contributed by atoms with Gasteiger partial charge in [-0.2, -0.15) is 0 Å². The molecule has 1 aliphatic rings. The molecule has 7 nitrogen and oxygen atoms in total. The molecular formula is C31H41ClN4O3. The molecule has 1 unspecified atom stereocenters. The van der Waals surface area contributed by atoms with E-state index in [1.807, 2.05) is 50.2 Å². The number of benzene rings is 2. The minimum atomic E-state index is -1.02. The first-order valence-corrected chi connectivity index (χ1v) is 14.2. The van der Waals surface area contributed by atoms with Crippen LogP contribution in [0.15, 0.2) is 53.3 Å². The predicted octanol–water partition coefficient (Wildman–Crippen LogP) is 5.92. The van der Waals surface area contributed by atoms with Crippen molar-refractivity contribution in [1.29, 1.82) is 0 Å². The number of pyridine rings is 1. The smallest absolute Gasteiger partial charge is 0.206 e. The highest BCUT2D eigenvalue weighted by atomic mass is 35.5. The topological polar surface area (TPSA) is 80.8 Å². The average molecular weight is 553 g/mol. The second-order valence-electron chi connectivity index (χ2n) is 10.7. The highest BCUT2D eigenvalue weighted by Crippen LogP contribution is 2.35. The molecule has 0 aliphatic heterocycles. The Labute approximate surface area is 236 Å². The van der Waals surface area contributed by atoms with Gasteiger partial charge in [-0.05, 0) is 90.4 Å². The van der Waals surface area contributed by atoms with Gasteiger partial charge in [0.1, 0.15) is 12.0 Å². The number of aliphatic hydroxyl groups is 1. The zero-order valence-electron chi connectivity index (χ0n) is 23.6. The van der Waals surface area contributed by atoms with Crippen molar-refractivity contribution in [2.75, 3.05) is 25.5 Å². The molecule has 1 aromatic heterocycles. The van der Waals surface area contributed by atoms with Crippen molar-refractivity contribution in [2.24, 2.45) is 0 Å². The Hall–Kier alpha value is -2.84. The van der Waals surface area contributed by atoms with Crippen LogP contribution in [0, 0.1) is 13.8 Å². The van der Waals surface area contributed by atoms with E-state index in [0.717, 1.165) is 30.6 Å². The van der Waals surface area contributed by atoms with Gasteiger partial charge in [-0.3, -0.25) is 10.1 Å². The molecule has 1 atom stereocenters. The third kappa shape index (κ3) is 7.03. The number of ether oxygens (including phenoxy) is 1. The number of hydrogen-bond acceptors (Lipinski definition) is 6. The molecule has 39 heavy (non-hydrogen) atoms. The normalized spacial score (nSPS) is 18.3. The monoisotopic (exact) mass is 552 g/mol. The van der Waals surface area contributed by atoms with E-state index in [1.54, 1.807) is 6.07 Å². The molecular weight excluding hydrogens is 512 g/mol. The number of nitrogens with one attached hydrogen (secondary N) is 2. The van der Waals surface area contributed by atoms with E-state index in [4.69, 9.17) is 16.3 Å². The van der Waals surface area contributed by atoms with Gasteiger partial charge in [0.25, 0.3) is 0 Å². The van der Waals surface area contributed by atoms with Crippen LogP contribution in [0.2, 0.25) is 5.02 Å². The lowest BCUT2D eigenvalue weighted by molar-refractivity contribution is 0.136. The van der Waals surface area contributed by atoms with Gasteiger partial charge < -0.3 is 24.6 Å². The number of hydrogen-bond donors (Lipinski definition) is 3. The van der Waals surface area contributed by atoms with Crippen LogP contribution in [0.25, 0.3) is 0 Å². The Morgan fingerprint density at radius 2 is 1.74 bits per heavy atom. The van der Waals surface area contributed by atoms with Gasteiger partial charge in [0.15, 0.2) is 5.43 Å². The summed E-state index contributed by atoms with van der Waals surface area (Å²) in [5.41, 5.74) is 3.68. The average Bonchev–Trinajstić information content (AvgIpc) is 2.91. The molecule has 0 saturated heterocycles. The van der Waals surface area contributed by atoms with Gasteiger partial charge in [-0.15, -0.1) is 0 Å². The molecule has 210 valence electrons. The zero-order chi connectivity index (χ0) is 28.1. The Kier molecular flexibility index (Phi) is 9.72. The number of aryl methyl sites for hydroxylation is 1. The highest BCUT2D eigenvalue weighted by molar-refractivity contribution is 6.31. The molecule has 8 heteroatoms. The van der Waals surface area contributed by atoms with Gasteiger partial charge in [0.2, 0.25) is 5.88 Å². The van der Waals surface area contributed by atoms with Crippen LogP contribution < -0.4 is 20.4 Å². The van der Waals surface area contributed by atoms with E-state index in [9.17, 15) is 9.90 Å². The SMILES string of the molecule is CCN(c1cc(Cl)cc(C(O)NCc2c(Oc3ccccc3)[nH]c(C)cc2=O)c1C)[C@H]1CC[C@H](N(C)C)CC1. The van der Waals surface area contributed by atoms with Crippen LogP contribution in [0.5, 0.6) is 11.6 Å². The number of anilines is 1. The standard InChI is InChI=1S/C31H41ClN4O3/c1-6-36(24-14-12-23(13-15-24)35(4)5)28-18-22(32)17-26(21(28)3)30(38)33-19-27-29(37)16-20(2)34-31(27)39-25-10-8-7-9-11-25/h7-11,16-18,23-24,30,33,38H,6,12-15,19H2,1-5H3,(H,34,37)/t23-,24-,30?. The number of nitrogens with zero attached hydrogens (tertiary/aromatic N) is 2. The summed E-state index contributed by atoms with van der Waals surface area (Å²) in [5.74, 6) is 0.982. The first kappa shape index (κ1) is 29.2. The molecule has 1 aliphatic carbocycles. The highest BCUT2D eigenvalue weighted by Gasteiger charge is 2.28. The lowest BCUT2D eigenvalue weighted by Crippen LogP contribution is -2.42. The van der Waals surface area contributed by atoms with Crippen molar-refractivity contribution in [1.82, 2.24) is 15.2 Å².